The molecule has 0 radical (unpaired) electrons. The standard InChI is InChI=1S/C12H21NO5/c1-5-17-11(15)9(7-8(3)4)13-10(14)12(16)18-6-2/h8-9H,5-7H2,1-4H3,(H,13,14)/t9-/m0/s1. The van der Waals surface area contributed by atoms with Gasteiger partial charge >= 0.3 is 17.8 Å². The van der Waals surface area contributed by atoms with Gasteiger partial charge in [0.1, 0.15) is 6.04 Å². The summed E-state index contributed by atoms with van der Waals surface area (Å²) in [6.45, 7) is 7.42. The summed E-state index contributed by atoms with van der Waals surface area (Å²) in [5.74, 6) is -2.27. The Kier molecular flexibility index (Phi) is 7.74. The Balaban J connectivity index is 4.53. The molecule has 1 N–H and O–H groups in total. The first-order valence-electron chi connectivity index (χ1n) is 6.06. The molecule has 0 heterocycles. The van der Waals surface area contributed by atoms with Crippen LogP contribution < -0.4 is 5.32 Å². The van der Waals surface area contributed by atoms with Gasteiger partial charge in [-0.15, -0.1) is 0 Å². The van der Waals surface area contributed by atoms with Crippen LogP contribution in [0.5, 0.6) is 0 Å². The molecule has 104 valence electrons. The van der Waals surface area contributed by atoms with Crippen LogP contribution >= 0.6 is 0 Å². The third-order valence-electron chi connectivity index (χ3n) is 2.04. The van der Waals surface area contributed by atoms with Crippen molar-refractivity contribution in [2.75, 3.05) is 13.2 Å². The number of hydrogen-bond acceptors (Lipinski definition) is 5. The Morgan fingerprint density at radius 3 is 2.06 bits per heavy atom. The molecule has 6 heteroatoms. The van der Waals surface area contributed by atoms with Crippen LogP contribution in [0.3, 0.4) is 0 Å². The van der Waals surface area contributed by atoms with Gasteiger partial charge in [-0.3, -0.25) is 4.79 Å². The minimum atomic E-state index is -0.990. The van der Waals surface area contributed by atoms with E-state index < -0.39 is 23.9 Å². The number of amides is 1. The van der Waals surface area contributed by atoms with Crippen molar-refractivity contribution < 1.29 is 23.9 Å². The van der Waals surface area contributed by atoms with Crippen molar-refractivity contribution in [3.8, 4) is 0 Å². The molecule has 0 aliphatic heterocycles. The maximum atomic E-state index is 11.6. The first-order chi connectivity index (χ1) is 8.42. The highest BCUT2D eigenvalue weighted by molar-refractivity contribution is 6.32. The molecule has 0 aromatic carbocycles. The Hall–Kier alpha value is -1.59. The number of carbonyl (C=O) groups is 3. The predicted molar refractivity (Wildman–Crippen MR) is 64.7 cm³/mol. The lowest BCUT2D eigenvalue weighted by atomic mass is 10.0. The number of nitrogens with one attached hydrogen (secondary N) is 1. The van der Waals surface area contributed by atoms with Crippen molar-refractivity contribution in [1.29, 1.82) is 0 Å². The van der Waals surface area contributed by atoms with Crippen molar-refractivity contribution in [1.82, 2.24) is 5.32 Å². The van der Waals surface area contributed by atoms with Gasteiger partial charge in [0.15, 0.2) is 0 Å². The fourth-order valence-corrected chi connectivity index (χ4v) is 1.34. The van der Waals surface area contributed by atoms with E-state index in [2.05, 4.69) is 10.1 Å². The number of rotatable bonds is 6. The molecule has 0 saturated heterocycles. The number of esters is 2. The lowest BCUT2D eigenvalue weighted by Crippen LogP contribution is -2.46. The van der Waals surface area contributed by atoms with E-state index in [4.69, 9.17) is 4.74 Å². The highest BCUT2D eigenvalue weighted by Gasteiger charge is 2.26. The predicted octanol–water partition coefficient (Wildman–Crippen LogP) is 0.643. The van der Waals surface area contributed by atoms with E-state index in [1.165, 1.54) is 0 Å². The maximum absolute atomic E-state index is 11.6. The zero-order valence-electron chi connectivity index (χ0n) is 11.3. The largest absolute Gasteiger partial charge is 0.464 e. The summed E-state index contributed by atoms with van der Waals surface area (Å²) in [4.78, 5) is 34.2. The van der Waals surface area contributed by atoms with E-state index in [0.717, 1.165) is 0 Å². The van der Waals surface area contributed by atoms with Crippen molar-refractivity contribution >= 4 is 17.8 Å². The summed E-state index contributed by atoms with van der Waals surface area (Å²) in [5.41, 5.74) is 0. The fourth-order valence-electron chi connectivity index (χ4n) is 1.34. The van der Waals surface area contributed by atoms with E-state index in [1.54, 1.807) is 13.8 Å². The van der Waals surface area contributed by atoms with Crippen LogP contribution in [0.15, 0.2) is 0 Å². The van der Waals surface area contributed by atoms with E-state index in [9.17, 15) is 14.4 Å². The van der Waals surface area contributed by atoms with Gasteiger partial charge in [-0.1, -0.05) is 13.8 Å². The van der Waals surface area contributed by atoms with E-state index in [0.29, 0.717) is 6.42 Å². The molecule has 0 aliphatic rings. The van der Waals surface area contributed by atoms with Gasteiger partial charge in [0, 0.05) is 0 Å². The van der Waals surface area contributed by atoms with Gasteiger partial charge in [0.05, 0.1) is 13.2 Å². The first kappa shape index (κ1) is 16.4. The summed E-state index contributed by atoms with van der Waals surface area (Å²) in [5, 5.41) is 2.33. The van der Waals surface area contributed by atoms with Gasteiger partial charge in [-0.2, -0.15) is 0 Å². The lowest BCUT2D eigenvalue weighted by molar-refractivity contribution is -0.156. The summed E-state index contributed by atoms with van der Waals surface area (Å²) in [7, 11) is 0. The average molecular weight is 259 g/mol. The number of hydrogen-bond donors (Lipinski definition) is 1. The summed E-state index contributed by atoms with van der Waals surface area (Å²) >= 11 is 0. The van der Waals surface area contributed by atoms with Gasteiger partial charge in [-0.25, -0.2) is 9.59 Å². The zero-order chi connectivity index (χ0) is 14.1. The molecule has 1 amide bonds. The van der Waals surface area contributed by atoms with Gasteiger partial charge in [0.25, 0.3) is 0 Å². The second-order valence-electron chi connectivity index (χ2n) is 4.13. The topological polar surface area (TPSA) is 81.7 Å². The highest BCUT2D eigenvalue weighted by Crippen LogP contribution is 2.06. The molecule has 1 atom stereocenters. The SMILES string of the molecule is CCOC(=O)C(=O)N[C@@H](CC(C)C)C(=O)OCC. The van der Waals surface area contributed by atoms with Gasteiger partial charge < -0.3 is 14.8 Å². The molecule has 0 unspecified atom stereocenters. The Morgan fingerprint density at radius 1 is 1.06 bits per heavy atom. The minimum Gasteiger partial charge on any atom is -0.464 e. The van der Waals surface area contributed by atoms with Crippen LogP contribution in [-0.4, -0.2) is 37.1 Å². The Labute approximate surface area is 107 Å². The van der Waals surface area contributed by atoms with Gasteiger partial charge in [-0.05, 0) is 26.2 Å². The molecule has 0 aliphatic carbocycles. The summed E-state index contributed by atoms with van der Waals surface area (Å²) in [6.07, 6.45) is 0.407. The van der Waals surface area contributed by atoms with Crippen LogP contribution in [0.25, 0.3) is 0 Å². The second kappa shape index (κ2) is 8.49. The third kappa shape index (κ3) is 6.22. The lowest BCUT2D eigenvalue weighted by Gasteiger charge is -2.18. The third-order valence-corrected chi connectivity index (χ3v) is 2.04. The highest BCUT2D eigenvalue weighted by atomic mass is 16.5. The quantitative estimate of drug-likeness (QED) is 0.559. The van der Waals surface area contributed by atoms with Crippen LogP contribution in [0.4, 0.5) is 0 Å². The van der Waals surface area contributed by atoms with Crippen LogP contribution in [0.1, 0.15) is 34.1 Å². The van der Waals surface area contributed by atoms with Crippen molar-refractivity contribution in [3.05, 3.63) is 0 Å². The Bertz CT molecular complexity index is 301. The molecule has 0 aromatic heterocycles. The molecular weight excluding hydrogens is 238 g/mol. The molecular formula is C12H21NO5. The second-order valence-corrected chi connectivity index (χ2v) is 4.13. The molecule has 6 nitrogen and oxygen atoms in total. The zero-order valence-corrected chi connectivity index (χ0v) is 11.3. The molecule has 0 saturated carbocycles. The number of carbonyl (C=O) groups excluding carboxylic acids is 3. The minimum absolute atomic E-state index is 0.112. The van der Waals surface area contributed by atoms with E-state index in [1.807, 2.05) is 13.8 Å². The monoisotopic (exact) mass is 259 g/mol. The Morgan fingerprint density at radius 2 is 1.61 bits per heavy atom. The summed E-state index contributed by atoms with van der Waals surface area (Å²) in [6, 6.07) is -0.818. The van der Waals surface area contributed by atoms with Crippen LogP contribution in [0, 0.1) is 5.92 Å². The maximum Gasteiger partial charge on any atom is 0.396 e. The van der Waals surface area contributed by atoms with Crippen molar-refractivity contribution in [2.24, 2.45) is 5.92 Å². The molecule has 0 aromatic rings. The van der Waals surface area contributed by atoms with Crippen molar-refractivity contribution in [3.63, 3.8) is 0 Å². The molecule has 0 rings (SSSR count). The molecule has 0 fully saturated rings. The summed E-state index contributed by atoms with van der Waals surface area (Å²) < 4.78 is 9.39. The van der Waals surface area contributed by atoms with Gasteiger partial charge in [0.2, 0.25) is 0 Å². The first-order valence-corrected chi connectivity index (χ1v) is 6.06. The fraction of sp³-hybridized carbons (Fsp3) is 0.750. The van der Waals surface area contributed by atoms with Crippen LogP contribution in [0.2, 0.25) is 0 Å². The molecule has 0 spiro atoms. The van der Waals surface area contributed by atoms with Crippen molar-refractivity contribution in [2.45, 2.75) is 40.2 Å². The molecule has 18 heavy (non-hydrogen) atoms. The van der Waals surface area contributed by atoms with E-state index in [-0.39, 0.29) is 19.1 Å². The molecule has 0 bridgehead atoms. The smallest absolute Gasteiger partial charge is 0.396 e. The van der Waals surface area contributed by atoms with Crippen LogP contribution in [-0.2, 0) is 23.9 Å². The van der Waals surface area contributed by atoms with E-state index >= 15 is 0 Å². The normalized spacial score (nSPS) is 11.8. The average Bonchev–Trinajstić information content (AvgIpc) is 2.28. The number of ether oxygens (including phenoxy) is 2.